The highest BCUT2D eigenvalue weighted by molar-refractivity contribution is 5.94. The van der Waals surface area contributed by atoms with Gasteiger partial charge in [0.05, 0.1) is 30.8 Å². The lowest BCUT2D eigenvalue weighted by Crippen LogP contribution is -2.48. The molecule has 2 aromatic rings. The molecule has 0 spiro atoms. The van der Waals surface area contributed by atoms with Crippen molar-refractivity contribution in [1.29, 1.82) is 0 Å². The van der Waals surface area contributed by atoms with E-state index in [9.17, 15) is 19.2 Å². The van der Waals surface area contributed by atoms with Gasteiger partial charge in [0.2, 0.25) is 5.91 Å². The molecule has 0 saturated heterocycles. The van der Waals surface area contributed by atoms with Gasteiger partial charge in [0.15, 0.2) is 0 Å². The average molecular weight is 488 g/mol. The van der Waals surface area contributed by atoms with E-state index in [4.69, 9.17) is 4.84 Å². The van der Waals surface area contributed by atoms with Crippen molar-refractivity contribution >= 4 is 11.8 Å². The standard InChI is InChI=1S/C25H37N5O5/c1-15(2)22(31)27-17(5)12-30-24(33)21(18(6)28-35-16(3)4)14-29(25(30)34)13-19-9-8-10-20(11-19)23(32)26-7/h8-11,14-18,28H,12-13H2,1-7H3,(H,26,32)(H,27,31)/t17-,18?/m0/s1. The zero-order valence-electron chi connectivity index (χ0n) is 21.5. The Morgan fingerprint density at radius 3 is 2.34 bits per heavy atom. The van der Waals surface area contributed by atoms with E-state index in [0.717, 1.165) is 10.1 Å². The summed E-state index contributed by atoms with van der Waals surface area (Å²) in [6.07, 6.45) is 1.41. The number of carbonyl (C=O) groups excluding carboxylic acids is 2. The minimum absolute atomic E-state index is 0.0139. The van der Waals surface area contributed by atoms with Crippen LogP contribution in [0.4, 0.5) is 0 Å². The molecule has 2 atom stereocenters. The van der Waals surface area contributed by atoms with E-state index in [0.29, 0.717) is 11.1 Å². The first kappa shape index (κ1) is 28.0. The van der Waals surface area contributed by atoms with Crippen LogP contribution in [0.2, 0.25) is 0 Å². The molecule has 0 radical (unpaired) electrons. The van der Waals surface area contributed by atoms with Gasteiger partial charge in [-0.25, -0.2) is 4.79 Å². The number of hydrogen-bond acceptors (Lipinski definition) is 6. The molecule has 0 aliphatic heterocycles. The normalized spacial score (nSPS) is 13.1. The van der Waals surface area contributed by atoms with Crippen LogP contribution in [0.5, 0.6) is 0 Å². The number of nitrogens with one attached hydrogen (secondary N) is 3. The number of benzene rings is 1. The van der Waals surface area contributed by atoms with Gasteiger partial charge in [-0.3, -0.25) is 28.4 Å². The van der Waals surface area contributed by atoms with E-state index in [1.165, 1.54) is 10.8 Å². The maximum atomic E-state index is 13.3. The first-order chi connectivity index (χ1) is 16.4. The fourth-order valence-electron chi connectivity index (χ4n) is 3.43. The Bertz CT molecular complexity index is 1150. The highest BCUT2D eigenvalue weighted by atomic mass is 16.7. The molecule has 35 heavy (non-hydrogen) atoms. The fourth-order valence-corrected chi connectivity index (χ4v) is 3.43. The van der Waals surface area contributed by atoms with Gasteiger partial charge < -0.3 is 10.6 Å². The molecule has 10 heteroatoms. The second-order valence-electron chi connectivity index (χ2n) is 9.26. The summed E-state index contributed by atoms with van der Waals surface area (Å²) in [6, 6.07) is 6.00. The summed E-state index contributed by atoms with van der Waals surface area (Å²) in [5.74, 6) is -0.612. The molecule has 0 aliphatic rings. The molecule has 2 rings (SSSR count). The van der Waals surface area contributed by atoms with Crippen molar-refractivity contribution in [3.63, 3.8) is 0 Å². The van der Waals surface area contributed by atoms with Gasteiger partial charge >= 0.3 is 5.69 Å². The van der Waals surface area contributed by atoms with Crippen LogP contribution in [-0.2, 0) is 22.7 Å². The zero-order valence-corrected chi connectivity index (χ0v) is 21.5. The minimum atomic E-state index is -0.508. The maximum Gasteiger partial charge on any atom is 0.331 e. The molecule has 1 heterocycles. The summed E-state index contributed by atoms with van der Waals surface area (Å²) in [5, 5.41) is 5.42. The predicted octanol–water partition coefficient (Wildman–Crippen LogP) is 1.57. The van der Waals surface area contributed by atoms with Crippen molar-refractivity contribution in [2.45, 2.75) is 72.8 Å². The molecule has 0 fully saturated rings. The monoisotopic (exact) mass is 487 g/mol. The van der Waals surface area contributed by atoms with Crippen LogP contribution in [0, 0.1) is 5.92 Å². The number of carbonyl (C=O) groups is 2. The number of hydrogen-bond donors (Lipinski definition) is 3. The van der Waals surface area contributed by atoms with Crippen LogP contribution in [-0.4, -0.2) is 40.1 Å². The quantitative estimate of drug-likeness (QED) is 0.414. The van der Waals surface area contributed by atoms with Crippen LogP contribution >= 0.6 is 0 Å². The summed E-state index contributed by atoms with van der Waals surface area (Å²) in [6.45, 7) is 11.0. The molecule has 1 aromatic carbocycles. The van der Waals surface area contributed by atoms with Crippen LogP contribution < -0.4 is 27.4 Å². The molecule has 0 aliphatic carbocycles. The molecule has 0 bridgehead atoms. The Balaban J connectivity index is 2.51. The van der Waals surface area contributed by atoms with Crippen molar-refractivity contribution in [3.8, 4) is 0 Å². The molecule has 192 valence electrons. The van der Waals surface area contributed by atoms with Gasteiger partial charge in [-0.05, 0) is 45.4 Å². The minimum Gasteiger partial charge on any atom is -0.355 e. The third-order valence-electron chi connectivity index (χ3n) is 5.35. The van der Waals surface area contributed by atoms with Crippen LogP contribution in [0.3, 0.4) is 0 Å². The maximum absolute atomic E-state index is 13.3. The lowest BCUT2D eigenvalue weighted by atomic mass is 10.1. The van der Waals surface area contributed by atoms with E-state index >= 15 is 0 Å². The first-order valence-electron chi connectivity index (χ1n) is 11.8. The number of amides is 2. The number of rotatable bonds is 11. The molecule has 2 amide bonds. The topological polar surface area (TPSA) is 123 Å². The van der Waals surface area contributed by atoms with Gasteiger partial charge in [0.1, 0.15) is 0 Å². The first-order valence-corrected chi connectivity index (χ1v) is 11.8. The van der Waals surface area contributed by atoms with E-state index in [1.54, 1.807) is 52.9 Å². The summed E-state index contributed by atoms with van der Waals surface area (Å²) in [7, 11) is 1.55. The van der Waals surface area contributed by atoms with Crippen LogP contribution in [0.15, 0.2) is 40.1 Å². The molecule has 3 N–H and O–H groups in total. The molecular weight excluding hydrogens is 450 g/mol. The van der Waals surface area contributed by atoms with Crippen LogP contribution in [0.1, 0.15) is 69.1 Å². The van der Waals surface area contributed by atoms with Gasteiger partial charge in [-0.2, -0.15) is 5.48 Å². The lowest BCUT2D eigenvalue weighted by Gasteiger charge is -2.21. The number of aromatic nitrogens is 2. The lowest BCUT2D eigenvalue weighted by molar-refractivity contribution is -0.124. The number of hydroxylamine groups is 1. The Morgan fingerprint density at radius 2 is 1.74 bits per heavy atom. The van der Waals surface area contributed by atoms with Crippen LogP contribution in [0.25, 0.3) is 0 Å². The summed E-state index contributed by atoms with van der Waals surface area (Å²) < 4.78 is 2.57. The third kappa shape index (κ3) is 7.63. The third-order valence-corrected chi connectivity index (χ3v) is 5.35. The summed E-state index contributed by atoms with van der Waals surface area (Å²) in [5.41, 5.74) is 3.43. The largest absolute Gasteiger partial charge is 0.355 e. The average Bonchev–Trinajstić information content (AvgIpc) is 2.81. The Kier molecular flexibility index (Phi) is 9.97. The molecule has 1 aromatic heterocycles. The predicted molar refractivity (Wildman–Crippen MR) is 134 cm³/mol. The smallest absolute Gasteiger partial charge is 0.331 e. The van der Waals surface area contributed by atoms with Crippen molar-refractivity contribution in [2.24, 2.45) is 5.92 Å². The van der Waals surface area contributed by atoms with Crippen molar-refractivity contribution in [3.05, 3.63) is 68.0 Å². The molecular formula is C25H37N5O5. The summed E-state index contributed by atoms with van der Waals surface area (Å²) in [4.78, 5) is 56.3. The van der Waals surface area contributed by atoms with Gasteiger partial charge in [-0.15, -0.1) is 0 Å². The highest BCUT2D eigenvalue weighted by Gasteiger charge is 2.20. The fraction of sp³-hybridized carbons (Fsp3) is 0.520. The van der Waals surface area contributed by atoms with Gasteiger partial charge in [0, 0.05) is 30.8 Å². The van der Waals surface area contributed by atoms with Crippen molar-refractivity contribution in [2.75, 3.05) is 7.05 Å². The Labute approximate surface area is 205 Å². The molecule has 0 saturated carbocycles. The second kappa shape index (κ2) is 12.5. The Morgan fingerprint density at radius 1 is 1.06 bits per heavy atom. The van der Waals surface area contributed by atoms with Gasteiger partial charge in [0.25, 0.3) is 11.5 Å². The van der Waals surface area contributed by atoms with E-state index in [1.807, 2.05) is 19.9 Å². The van der Waals surface area contributed by atoms with Gasteiger partial charge in [-0.1, -0.05) is 26.0 Å². The summed E-state index contributed by atoms with van der Waals surface area (Å²) >= 11 is 0. The Hall–Kier alpha value is -3.24. The van der Waals surface area contributed by atoms with E-state index < -0.39 is 23.3 Å². The number of nitrogens with zero attached hydrogens (tertiary/aromatic N) is 2. The second-order valence-corrected chi connectivity index (χ2v) is 9.26. The highest BCUT2D eigenvalue weighted by Crippen LogP contribution is 2.10. The van der Waals surface area contributed by atoms with E-state index in [-0.39, 0.29) is 36.9 Å². The van der Waals surface area contributed by atoms with Crippen molar-refractivity contribution < 1.29 is 14.4 Å². The van der Waals surface area contributed by atoms with E-state index in [2.05, 4.69) is 16.1 Å². The molecule has 1 unspecified atom stereocenters. The zero-order chi connectivity index (χ0) is 26.3. The SMILES string of the molecule is CNC(=O)c1cccc(Cn2cc(C(C)NOC(C)C)c(=O)n(C[C@H](C)NC(=O)C(C)C)c2=O)c1. The van der Waals surface area contributed by atoms with Crippen molar-refractivity contribution in [1.82, 2.24) is 25.2 Å². The molecule has 10 nitrogen and oxygen atoms in total.